The summed E-state index contributed by atoms with van der Waals surface area (Å²) in [7, 11) is 0. The van der Waals surface area contributed by atoms with Gasteiger partial charge in [0.15, 0.2) is 0 Å². The first-order chi connectivity index (χ1) is 15.8. The highest BCUT2D eigenvalue weighted by atomic mass is 16.7. The van der Waals surface area contributed by atoms with Gasteiger partial charge in [0, 0.05) is 42.6 Å². The normalized spacial score (nSPS) is 8.30. The Hall–Kier alpha value is -2.36. The van der Waals surface area contributed by atoms with Crippen LogP contribution in [0.1, 0.15) is 85.0 Å². The lowest BCUT2D eigenvalue weighted by Gasteiger charge is -1.89. The Balaban J connectivity index is -0.0000000689. The molecular weight excluding hydrogens is 432 g/mol. The van der Waals surface area contributed by atoms with Crippen molar-refractivity contribution >= 4 is 11.9 Å². The number of aliphatic hydroxyl groups is 3. The maximum absolute atomic E-state index is 9.79. The van der Waals surface area contributed by atoms with E-state index >= 15 is 0 Å². The highest BCUT2D eigenvalue weighted by Crippen LogP contribution is 1.92. The third-order valence-electron chi connectivity index (χ3n) is 2.86. The zero-order valence-corrected chi connectivity index (χ0v) is 20.8. The molecule has 0 spiro atoms. The number of aliphatic carboxylic acids is 2. The molecule has 5 N–H and O–H groups in total. The van der Waals surface area contributed by atoms with E-state index in [2.05, 4.69) is 33.1 Å². The van der Waals surface area contributed by atoms with E-state index in [-0.39, 0.29) is 26.2 Å². The van der Waals surface area contributed by atoms with Crippen molar-refractivity contribution in [1.82, 2.24) is 0 Å². The molecule has 0 aromatic rings. The molecule has 9 heteroatoms. The van der Waals surface area contributed by atoms with Gasteiger partial charge in [-0.15, -0.1) is 13.2 Å². The summed E-state index contributed by atoms with van der Waals surface area (Å²) in [6.07, 6.45) is 14.7. The molecular formula is C24H48O9. The van der Waals surface area contributed by atoms with Crippen LogP contribution >= 0.6 is 0 Å². The van der Waals surface area contributed by atoms with Gasteiger partial charge in [0.25, 0.3) is 0 Å². The summed E-state index contributed by atoms with van der Waals surface area (Å²) in [6, 6.07) is 0. The van der Waals surface area contributed by atoms with Crippen LogP contribution in [-0.4, -0.2) is 57.3 Å². The molecule has 0 heterocycles. The lowest BCUT2D eigenvalue weighted by molar-refractivity contribution is -0.138. The molecule has 0 unspecified atom stereocenters. The van der Waals surface area contributed by atoms with Gasteiger partial charge >= 0.3 is 11.9 Å². The van der Waals surface area contributed by atoms with E-state index in [4.69, 9.17) is 35.5 Å². The van der Waals surface area contributed by atoms with Gasteiger partial charge in [-0.3, -0.25) is 9.59 Å². The first-order valence-corrected chi connectivity index (χ1v) is 11.1. The maximum Gasteiger partial charge on any atom is 0.303 e. The number of rotatable bonds is 13. The number of aliphatic hydroxyl groups excluding tert-OH is 3. The quantitative estimate of drug-likeness (QED) is 0.179. The average Bonchev–Trinajstić information content (AvgIpc) is 2.81. The van der Waals surface area contributed by atoms with Crippen LogP contribution in [0.25, 0.3) is 0 Å². The first-order valence-electron chi connectivity index (χ1n) is 11.1. The van der Waals surface area contributed by atoms with E-state index in [9.17, 15) is 9.59 Å². The lowest BCUT2D eigenvalue weighted by Crippen LogP contribution is -1.94. The third kappa shape index (κ3) is 122. The second kappa shape index (κ2) is 57.1. The van der Waals surface area contributed by atoms with Crippen molar-refractivity contribution in [2.45, 2.75) is 85.0 Å². The zero-order chi connectivity index (χ0) is 27.2. The fraction of sp³-hybridized carbons (Fsp3) is 0.667. The molecule has 0 aliphatic rings. The summed E-state index contributed by atoms with van der Waals surface area (Å²) < 4.78 is 0. The van der Waals surface area contributed by atoms with Gasteiger partial charge in [-0.1, -0.05) is 51.5 Å². The summed E-state index contributed by atoms with van der Waals surface area (Å²) in [4.78, 5) is 33.6. The Kier molecular flexibility index (Phi) is 76.7. The number of hydrogen-bond donors (Lipinski definition) is 5. The molecule has 0 aromatic carbocycles. The number of carboxylic acid groups (broad SMARTS) is 2. The number of carbonyl (C=O) groups is 2. The van der Waals surface area contributed by atoms with Crippen LogP contribution < -0.4 is 0 Å². The van der Waals surface area contributed by atoms with Crippen LogP contribution in [0.4, 0.5) is 0 Å². The largest absolute Gasteiger partial charge is 0.481 e. The summed E-state index contributed by atoms with van der Waals surface area (Å²) in [5, 5.41) is 40.5. The molecule has 0 atom stereocenters. The molecule has 33 heavy (non-hydrogen) atoms. The highest BCUT2D eigenvalue weighted by Gasteiger charge is 1.93. The predicted octanol–water partition coefficient (Wildman–Crippen LogP) is 5.03. The van der Waals surface area contributed by atoms with Crippen LogP contribution in [0.15, 0.2) is 37.5 Å². The van der Waals surface area contributed by atoms with Gasteiger partial charge in [-0.25, -0.2) is 0 Å². The van der Waals surface area contributed by atoms with Crippen molar-refractivity contribution in [2.24, 2.45) is 0 Å². The molecule has 0 aliphatic carbocycles. The van der Waals surface area contributed by atoms with Crippen LogP contribution in [0, 0.1) is 9.93 Å². The predicted molar refractivity (Wildman–Crippen MR) is 136 cm³/mol. The van der Waals surface area contributed by atoms with E-state index in [1.54, 1.807) is 6.08 Å². The number of carboxylic acids is 2. The SMILES string of the molecule is C=CCC.C=CCCO.CC/C=C/CCO.CCCCC(=O)O.O=C(O)CCCCO.O=O. The second-order valence-electron chi connectivity index (χ2n) is 5.96. The van der Waals surface area contributed by atoms with Crippen LogP contribution in [0.3, 0.4) is 0 Å². The molecule has 9 nitrogen and oxygen atoms in total. The minimum Gasteiger partial charge on any atom is -0.481 e. The molecule has 0 amide bonds. The average molecular weight is 481 g/mol. The standard InChI is InChI=1S/C6H12O.C5H10O3.C5H10O2.C4H8O.C4H8.O2/c1-2-3-4-5-6-7;6-4-2-1-3-5(7)8;1-2-3-4-5(6)7;1-2-3-4-5;1-3-4-2;1-2/h3-4,7H,2,5-6H2,1H3;6H,1-4H2,(H,7,8);2-4H2,1H3,(H,6,7);2,5H,1,3-4H2;3H,1,4H2,2H3;/b4-3+;;;;;. The highest BCUT2D eigenvalue weighted by molar-refractivity contribution is 5.66. The summed E-state index contributed by atoms with van der Waals surface area (Å²) in [5.41, 5.74) is 0. The minimum atomic E-state index is -0.793. The maximum atomic E-state index is 9.79. The van der Waals surface area contributed by atoms with Gasteiger partial charge in [0.05, 0.1) is 0 Å². The van der Waals surface area contributed by atoms with Gasteiger partial charge in [0.1, 0.15) is 0 Å². The van der Waals surface area contributed by atoms with Crippen LogP contribution in [0.5, 0.6) is 0 Å². The lowest BCUT2D eigenvalue weighted by atomic mass is 10.2. The molecule has 0 radical (unpaired) electrons. The van der Waals surface area contributed by atoms with E-state index in [1.807, 2.05) is 19.1 Å². The molecule has 0 fully saturated rings. The second-order valence-corrected chi connectivity index (χ2v) is 5.96. The van der Waals surface area contributed by atoms with Crippen molar-refractivity contribution in [2.75, 3.05) is 19.8 Å². The zero-order valence-electron chi connectivity index (χ0n) is 20.8. The fourth-order valence-corrected chi connectivity index (χ4v) is 1.17. The Morgan fingerprint density at radius 1 is 0.667 bits per heavy atom. The molecule has 0 saturated carbocycles. The molecule has 0 bridgehead atoms. The van der Waals surface area contributed by atoms with E-state index in [0.717, 1.165) is 32.1 Å². The minimum absolute atomic E-state index is 0.0906. The summed E-state index contributed by atoms with van der Waals surface area (Å²) in [6.45, 7) is 13.6. The van der Waals surface area contributed by atoms with Crippen molar-refractivity contribution in [3.05, 3.63) is 47.4 Å². The Morgan fingerprint density at radius 3 is 1.33 bits per heavy atom. The van der Waals surface area contributed by atoms with Gasteiger partial charge in [-0.2, -0.15) is 0 Å². The fourth-order valence-electron chi connectivity index (χ4n) is 1.17. The topological polar surface area (TPSA) is 169 Å². The van der Waals surface area contributed by atoms with E-state index < -0.39 is 11.9 Å². The molecule has 0 aromatic heterocycles. The number of unbranched alkanes of at least 4 members (excludes halogenated alkanes) is 2. The smallest absolute Gasteiger partial charge is 0.303 e. The van der Waals surface area contributed by atoms with E-state index in [1.165, 1.54) is 0 Å². The monoisotopic (exact) mass is 480 g/mol. The van der Waals surface area contributed by atoms with Crippen molar-refractivity contribution in [3.8, 4) is 0 Å². The van der Waals surface area contributed by atoms with Crippen molar-refractivity contribution in [1.29, 1.82) is 0 Å². The number of allylic oxidation sites excluding steroid dienone is 2. The van der Waals surface area contributed by atoms with E-state index in [0.29, 0.717) is 25.7 Å². The molecule has 0 rings (SSSR count). The van der Waals surface area contributed by atoms with Crippen molar-refractivity contribution in [3.63, 3.8) is 0 Å². The summed E-state index contributed by atoms with van der Waals surface area (Å²) in [5.74, 6) is -1.49. The Labute approximate surface area is 199 Å². The van der Waals surface area contributed by atoms with Gasteiger partial charge in [0.2, 0.25) is 0 Å². The van der Waals surface area contributed by atoms with Gasteiger partial charge in [-0.05, 0) is 44.9 Å². The first kappa shape index (κ1) is 44.3. The van der Waals surface area contributed by atoms with Crippen LogP contribution in [-0.2, 0) is 9.59 Å². The summed E-state index contributed by atoms with van der Waals surface area (Å²) >= 11 is 0. The van der Waals surface area contributed by atoms with Gasteiger partial charge < -0.3 is 25.5 Å². The Bertz CT molecular complexity index is 397. The molecule has 0 saturated heterocycles. The van der Waals surface area contributed by atoms with Crippen LogP contribution in [0.2, 0.25) is 0 Å². The molecule has 198 valence electrons. The third-order valence-corrected chi connectivity index (χ3v) is 2.86. The molecule has 0 aliphatic heterocycles. The number of hydrogen-bond acceptors (Lipinski definition) is 7. The Morgan fingerprint density at radius 2 is 1.12 bits per heavy atom. The van der Waals surface area contributed by atoms with Crippen molar-refractivity contribution < 1.29 is 35.1 Å².